The van der Waals surface area contributed by atoms with E-state index in [1.165, 1.54) is 0 Å². The second kappa shape index (κ2) is 3.06. The van der Waals surface area contributed by atoms with E-state index in [0.717, 1.165) is 6.07 Å². The summed E-state index contributed by atoms with van der Waals surface area (Å²) >= 11 is 0. The van der Waals surface area contributed by atoms with Crippen LogP contribution in [0.2, 0.25) is 0 Å². The van der Waals surface area contributed by atoms with Crippen LogP contribution in [0.4, 0.5) is 4.39 Å². The average molecular weight is 191 g/mol. The Morgan fingerprint density at radius 1 is 1.36 bits per heavy atom. The number of para-hydroxylation sites is 1. The van der Waals surface area contributed by atoms with Crippen molar-refractivity contribution in [3.8, 4) is 0 Å². The summed E-state index contributed by atoms with van der Waals surface area (Å²) in [6.07, 6.45) is 0. The first kappa shape index (κ1) is 8.62. The van der Waals surface area contributed by atoms with Crippen LogP contribution in [0.1, 0.15) is 10.5 Å². The van der Waals surface area contributed by atoms with Gasteiger partial charge in [-0.1, -0.05) is 12.1 Å². The lowest BCUT2D eigenvalue weighted by Gasteiger charge is -1.99. The number of halogens is 1. The Kier molecular flexibility index (Phi) is 1.89. The van der Waals surface area contributed by atoms with Crippen LogP contribution in [0.5, 0.6) is 0 Å². The molecular weight excluding hydrogens is 185 g/mol. The zero-order valence-corrected chi connectivity index (χ0v) is 7.07. The number of hydrogen-bond donors (Lipinski definition) is 1. The van der Waals surface area contributed by atoms with Crippen molar-refractivity contribution in [3.05, 3.63) is 41.8 Å². The molecule has 0 aliphatic heterocycles. The number of aromatic nitrogens is 1. The van der Waals surface area contributed by atoms with E-state index >= 15 is 0 Å². The molecule has 0 aliphatic carbocycles. The quantitative estimate of drug-likeness (QED) is 0.750. The van der Waals surface area contributed by atoms with Gasteiger partial charge in [0.1, 0.15) is 5.82 Å². The minimum atomic E-state index is -1.23. The highest BCUT2D eigenvalue weighted by Crippen LogP contribution is 2.16. The monoisotopic (exact) mass is 191 g/mol. The number of carboxylic acids is 1. The van der Waals surface area contributed by atoms with Crippen LogP contribution in [0.25, 0.3) is 10.9 Å². The number of fused-ring (bicyclic) bond motifs is 1. The molecule has 2 aromatic rings. The Balaban J connectivity index is 2.78. The van der Waals surface area contributed by atoms with E-state index in [4.69, 9.17) is 5.11 Å². The molecule has 70 valence electrons. The van der Waals surface area contributed by atoms with Crippen molar-refractivity contribution in [2.75, 3.05) is 0 Å². The molecule has 14 heavy (non-hydrogen) atoms. The number of rotatable bonds is 1. The van der Waals surface area contributed by atoms with Gasteiger partial charge in [0.25, 0.3) is 0 Å². The predicted octanol–water partition coefficient (Wildman–Crippen LogP) is 2.07. The fourth-order valence-corrected chi connectivity index (χ4v) is 1.24. The molecule has 0 saturated carbocycles. The van der Waals surface area contributed by atoms with E-state index in [1.807, 2.05) is 0 Å². The smallest absolute Gasteiger partial charge is 0.354 e. The summed E-state index contributed by atoms with van der Waals surface area (Å²) in [4.78, 5) is 14.4. The van der Waals surface area contributed by atoms with Crippen LogP contribution < -0.4 is 0 Å². The standard InChI is InChI=1S/C10H6FNO2/c11-7-5-9(10(13)14)12-8-4-2-1-3-6(7)8/h1-5H,(H,13,14). The normalized spacial score (nSPS) is 10.4. The third-order valence-electron chi connectivity index (χ3n) is 1.88. The largest absolute Gasteiger partial charge is 0.477 e. The van der Waals surface area contributed by atoms with Gasteiger partial charge >= 0.3 is 5.97 Å². The van der Waals surface area contributed by atoms with E-state index in [-0.39, 0.29) is 5.69 Å². The van der Waals surface area contributed by atoms with E-state index < -0.39 is 11.8 Å². The van der Waals surface area contributed by atoms with Crippen molar-refractivity contribution >= 4 is 16.9 Å². The number of carbonyl (C=O) groups is 1. The highest BCUT2D eigenvalue weighted by molar-refractivity contribution is 5.89. The van der Waals surface area contributed by atoms with Gasteiger partial charge in [0, 0.05) is 11.5 Å². The molecule has 0 fully saturated rings. The summed E-state index contributed by atoms with van der Waals surface area (Å²) in [7, 11) is 0. The molecule has 0 unspecified atom stereocenters. The Morgan fingerprint density at radius 2 is 2.07 bits per heavy atom. The van der Waals surface area contributed by atoms with Gasteiger partial charge in [-0.2, -0.15) is 0 Å². The maximum Gasteiger partial charge on any atom is 0.354 e. The molecule has 1 N–H and O–H groups in total. The number of benzene rings is 1. The van der Waals surface area contributed by atoms with Gasteiger partial charge < -0.3 is 5.11 Å². The van der Waals surface area contributed by atoms with Gasteiger partial charge in [0.05, 0.1) is 5.52 Å². The minimum absolute atomic E-state index is 0.277. The Morgan fingerprint density at radius 3 is 2.79 bits per heavy atom. The lowest BCUT2D eigenvalue weighted by Crippen LogP contribution is -2.01. The van der Waals surface area contributed by atoms with Gasteiger partial charge in [0.15, 0.2) is 5.69 Å². The first-order valence-electron chi connectivity index (χ1n) is 3.97. The Hall–Kier alpha value is -1.97. The Labute approximate surface area is 78.8 Å². The molecule has 1 aromatic heterocycles. The highest BCUT2D eigenvalue weighted by atomic mass is 19.1. The van der Waals surface area contributed by atoms with Crippen molar-refractivity contribution < 1.29 is 14.3 Å². The zero-order chi connectivity index (χ0) is 10.1. The van der Waals surface area contributed by atoms with E-state index in [9.17, 15) is 9.18 Å². The van der Waals surface area contributed by atoms with Crippen LogP contribution in [0, 0.1) is 5.82 Å². The summed E-state index contributed by atoms with van der Waals surface area (Å²) in [5.74, 6) is -1.79. The van der Waals surface area contributed by atoms with E-state index in [1.54, 1.807) is 24.3 Å². The summed E-state index contributed by atoms with van der Waals surface area (Å²) in [5.41, 5.74) is 0.0751. The first-order valence-corrected chi connectivity index (χ1v) is 3.97. The minimum Gasteiger partial charge on any atom is -0.477 e. The molecule has 0 radical (unpaired) electrons. The molecule has 1 aromatic carbocycles. The van der Waals surface area contributed by atoms with Crippen molar-refractivity contribution in [1.82, 2.24) is 4.98 Å². The molecule has 0 amide bonds. The van der Waals surface area contributed by atoms with Gasteiger partial charge in [0.2, 0.25) is 0 Å². The number of aromatic carboxylic acids is 1. The topological polar surface area (TPSA) is 50.2 Å². The van der Waals surface area contributed by atoms with Gasteiger partial charge in [-0.25, -0.2) is 14.2 Å². The average Bonchev–Trinajstić information content (AvgIpc) is 2.17. The molecule has 0 saturated heterocycles. The number of carboxylic acid groups (broad SMARTS) is 1. The molecule has 0 atom stereocenters. The SMILES string of the molecule is O=C(O)c1cc(F)c2ccccc2n1. The van der Waals surface area contributed by atoms with E-state index in [0.29, 0.717) is 10.9 Å². The third kappa shape index (κ3) is 1.31. The maximum atomic E-state index is 13.3. The van der Waals surface area contributed by atoms with Crippen LogP contribution in [-0.2, 0) is 0 Å². The second-order valence-corrected chi connectivity index (χ2v) is 2.81. The van der Waals surface area contributed by atoms with Crippen LogP contribution in [0.15, 0.2) is 30.3 Å². The zero-order valence-electron chi connectivity index (χ0n) is 7.07. The maximum absolute atomic E-state index is 13.3. The van der Waals surface area contributed by atoms with E-state index in [2.05, 4.69) is 4.98 Å². The second-order valence-electron chi connectivity index (χ2n) is 2.81. The van der Waals surface area contributed by atoms with Gasteiger partial charge in [-0.3, -0.25) is 0 Å². The molecule has 4 heteroatoms. The van der Waals surface area contributed by atoms with Crippen LogP contribution >= 0.6 is 0 Å². The molecular formula is C10H6FNO2. The number of pyridine rings is 1. The molecule has 0 aliphatic rings. The fraction of sp³-hybridized carbons (Fsp3) is 0. The third-order valence-corrected chi connectivity index (χ3v) is 1.88. The Bertz CT molecular complexity index is 510. The molecule has 0 bridgehead atoms. The van der Waals surface area contributed by atoms with Crippen molar-refractivity contribution in [2.45, 2.75) is 0 Å². The summed E-state index contributed by atoms with van der Waals surface area (Å²) in [6.45, 7) is 0. The number of nitrogens with zero attached hydrogens (tertiary/aromatic N) is 1. The summed E-state index contributed by atoms with van der Waals surface area (Å²) in [5, 5.41) is 8.97. The highest BCUT2D eigenvalue weighted by Gasteiger charge is 2.09. The molecule has 0 spiro atoms. The van der Waals surface area contributed by atoms with Crippen molar-refractivity contribution in [3.63, 3.8) is 0 Å². The summed E-state index contributed by atoms with van der Waals surface area (Å²) < 4.78 is 13.3. The van der Waals surface area contributed by atoms with Crippen molar-refractivity contribution in [1.29, 1.82) is 0 Å². The fourth-order valence-electron chi connectivity index (χ4n) is 1.24. The summed E-state index contributed by atoms with van der Waals surface area (Å²) in [6, 6.07) is 7.41. The lowest BCUT2D eigenvalue weighted by atomic mass is 10.2. The van der Waals surface area contributed by atoms with Crippen molar-refractivity contribution in [2.24, 2.45) is 0 Å². The van der Waals surface area contributed by atoms with Gasteiger partial charge in [-0.15, -0.1) is 0 Å². The van der Waals surface area contributed by atoms with Crippen LogP contribution in [0.3, 0.4) is 0 Å². The molecule has 3 nitrogen and oxygen atoms in total. The lowest BCUT2D eigenvalue weighted by molar-refractivity contribution is 0.0690. The van der Waals surface area contributed by atoms with Gasteiger partial charge in [-0.05, 0) is 12.1 Å². The predicted molar refractivity (Wildman–Crippen MR) is 48.7 cm³/mol. The molecule has 2 rings (SSSR count). The first-order chi connectivity index (χ1) is 6.68. The molecule has 1 heterocycles. The van der Waals surface area contributed by atoms with Crippen LogP contribution in [-0.4, -0.2) is 16.1 Å². The number of hydrogen-bond acceptors (Lipinski definition) is 2.